The molecule has 0 bridgehead atoms. The van der Waals surface area contributed by atoms with Crippen molar-refractivity contribution in [1.82, 2.24) is 9.97 Å². The summed E-state index contributed by atoms with van der Waals surface area (Å²) < 4.78 is 0. The highest BCUT2D eigenvalue weighted by Crippen LogP contribution is 2.58. The highest BCUT2D eigenvalue weighted by atomic mass is 14.9. The van der Waals surface area contributed by atoms with Crippen LogP contribution in [-0.2, 0) is 5.41 Å². The molecule has 0 N–H and O–H groups in total. The SMILES string of the molecule is c1ccc(-c2cc(-c3ccccc3)nc(-c3ccc(-c4cc5c(cc4-c4ccc6ccccc6c4)-c4ccccc4C5(c4ccccc4)c4ccccc4)c4ccccc34)n2)cc1. The van der Waals surface area contributed by atoms with Gasteiger partial charge < -0.3 is 0 Å². The Hall–Kier alpha value is -8.20. The Morgan fingerprint density at radius 1 is 0.270 bits per heavy atom. The summed E-state index contributed by atoms with van der Waals surface area (Å²) in [5.41, 5.74) is 16.6. The first-order chi connectivity index (χ1) is 31.2. The Kier molecular flexibility index (Phi) is 8.76. The summed E-state index contributed by atoms with van der Waals surface area (Å²) in [6.07, 6.45) is 0. The van der Waals surface area contributed by atoms with Gasteiger partial charge in [0.1, 0.15) is 0 Å². The van der Waals surface area contributed by atoms with Crippen LogP contribution in [0.2, 0.25) is 0 Å². The third kappa shape index (κ3) is 6.02. The highest BCUT2D eigenvalue weighted by molar-refractivity contribution is 6.08. The third-order valence-electron chi connectivity index (χ3n) is 13.0. The molecule has 0 unspecified atom stereocenters. The second-order valence-electron chi connectivity index (χ2n) is 16.4. The van der Waals surface area contributed by atoms with E-state index < -0.39 is 5.41 Å². The first-order valence-electron chi connectivity index (χ1n) is 21.6. The van der Waals surface area contributed by atoms with Crippen LogP contribution in [0.25, 0.3) is 88.8 Å². The lowest BCUT2D eigenvalue weighted by molar-refractivity contribution is 0.769. The molecule has 10 aromatic carbocycles. The van der Waals surface area contributed by atoms with Gasteiger partial charge in [-0.3, -0.25) is 0 Å². The minimum Gasteiger partial charge on any atom is -0.228 e. The number of hydrogen-bond acceptors (Lipinski definition) is 2. The molecule has 0 atom stereocenters. The molecule has 11 aromatic rings. The summed E-state index contributed by atoms with van der Waals surface area (Å²) >= 11 is 0. The molecule has 1 aliphatic rings. The van der Waals surface area contributed by atoms with E-state index in [1.165, 1.54) is 60.8 Å². The van der Waals surface area contributed by atoms with Crippen molar-refractivity contribution in [2.75, 3.05) is 0 Å². The van der Waals surface area contributed by atoms with Crippen LogP contribution in [0.15, 0.2) is 243 Å². The largest absolute Gasteiger partial charge is 0.228 e. The molecule has 1 heterocycles. The Morgan fingerprint density at radius 2 is 0.794 bits per heavy atom. The van der Waals surface area contributed by atoms with Gasteiger partial charge in [-0.1, -0.05) is 212 Å². The number of benzene rings is 10. The summed E-state index contributed by atoms with van der Waals surface area (Å²) in [6.45, 7) is 0. The summed E-state index contributed by atoms with van der Waals surface area (Å²) in [7, 11) is 0. The van der Waals surface area contributed by atoms with Crippen LogP contribution < -0.4 is 0 Å². The van der Waals surface area contributed by atoms with Crippen LogP contribution >= 0.6 is 0 Å². The maximum Gasteiger partial charge on any atom is 0.161 e. The van der Waals surface area contributed by atoms with Gasteiger partial charge in [-0.25, -0.2) is 9.97 Å². The zero-order valence-electron chi connectivity index (χ0n) is 34.5. The smallest absolute Gasteiger partial charge is 0.161 e. The van der Waals surface area contributed by atoms with E-state index >= 15 is 0 Å². The summed E-state index contributed by atoms with van der Waals surface area (Å²) in [4.78, 5) is 10.6. The fourth-order valence-electron chi connectivity index (χ4n) is 10.1. The van der Waals surface area contributed by atoms with Gasteiger partial charge in [-0.2, -0.15) is 0 Å². The topological polar surface area (TPSA) is 25.8 Å². The predicted octanol–water partition coefficient (Wildman–Crippen LogP) is 15.5. The van der Waals surface area contributed by atoms with Crippen LogP contribution in [0.5, 0.6) is 0 Å². The first kappa shape index (κ1) is 36.6. The Balaban J connectivity index is 1.15. The molecule has 1 aromatic heterocycles. The van der Waals surface area contributed by atoms with Crippen molar-refractivity contribution in [2.45, 2.75) is 5.41 Å². The van der Waals surface area contributed by atoms with E-state index in [9.17, 15) is 0 Å². The van der Waals surface area contributed by atoms with Crippen molar-refractivity contribution in [2.24, 2.45) is 0 Å². The van der Waals surface area contributed by atoms with Gasteiger partial charge in [0.2, 0.25) is 0 Å². The zero-order valence-corrected chi connectivity index (χ0v) is 34.5. The molecular formula is C61H40N2. The highest BCUT2D eigenvalue weighted by Gasteiger charge is 2.46. The average molecular weight is 801 g/mol. The molecule has 294 valence electrons. The van der Waals surface area contributed by atoms with E-state index in [-0.39, 0.29) is 0 Å². The van der Waals surface area contributed by atoms with Gasteiger partial charge >= 0.3 is 0 Å². The maximum absolute atomic E-state index is 5.29. The summed E-state index contributed by atoms with van der Waals surface area (Å²) in [6, 6.07) is 88.0. The molecule has 2 nitrogen and oxygen atoms in total. The third-order valence-corrected chi connectivity index (χ3v) is 13.0. The van der Waals surface area contributed by atoms with Crippen molar-refractivity contribution in [3.63, 3.8) is 0 Å². The van der Waals surface area contributed by atoms with Gasteiger partial charge in [0.15, 0.2) is 5.82 Å². The van der Waals surface area contributed by atoms with Crippen LogP contribution in [0.3, 0.4) is 0 Å². The Morgan fingerprint density at radius 3 is 1.44 bits per heavy atom. The molecular weight excluding hydrogens is 761 g/mol. The van der Waals surface area contributed by atoms with Gasteiger partial charge in [0.25, 0.3) is 0 Å². The van der Waals surface area contributed by atoms with E-state index in [2.05, 4.69) is 231 Å². The number of hydrogen-bond donors (Lipinski definition) is 0. The first-order valence-corrected chi connectivity index (χ1v) is 21.6. The molecule has 0 aliphatic heterocycles. The van der Waals surface area contributed by atoms with Crippen molar-refractivity contribution < 1.29 is 0 Å². The summed E-state index contributed by atoms with van der Waals surface area (Å²) in [5.74, 6) is 0.698. The minimum absolute atomic E-state index is 0.541. The maximum atomic E-state index is 5.29. The molecule has 2 heteroatoms. The van der Waals surface area contributed by atoms with Crippen molar-refractivity contribution in [3.8, 4) is 67.3 Å². The number of nitrogens with zero attached hydrogens (tertiary/aromatic N) is 2. The molecule has 63 heavy (non-hydrogen) atoms. The van der Waals surface area contributed by atoms with Crippen molar-refractivity contribution in [1.29, 1.82) is 0 Å². The van der Waals surface area contributed by atoms with Gasteiger partial charge in [0, 0.05) is 16.7 Å². The molecule has 0 saturated carbocycles. The van der Waals surface area contributed by atoms with Crippen molar-refractivity contribution >= 4 is 21.5 Å². The molecule has 12 rings (SSSR count). The van der Waals surface area contributed by atoms with Crippen molar-refractivity contribution in [3.05, 3.63) is 265 Å². The van der Waals surface area contributed by atoms with E-state index in [0.29, 0.717) is 5.82 Å². The second-order valence-corrected chi connectivity index (χ2v) is 16.4. The van der Waals surface area contributed by atoms with E-state index in [4.69, 9.17) is 9.97 Å². The Bertz CT molecular complexity index is 3390. The van der Waals surface area contributed by atoms with Crippen LogP contribution in [0, 0.1) is 0 Å². The minimum atomic E-state index is -0.541. The monoisotopic (exact) mass is 800 g/mol. The molecule has 0 fully saturated rings. The van der Waals surface area contributed by atoms with Gasteiger partial charge in [0.05, 0.1) is 16.8 Å². The standard InChI is InChI=1S/C61H40N2/c1-5-20-42(21-6-1)58-40-59(43-22-7-2-8-23-43)63-60(62-58)52-36-35-50(48-29-15-16-30-49(48)52)54-39-57-55(38-53(54)45-34-33-41-19-13-14-24-44(41)37-45)51-31-17-18-32-56(51)61(57,46-25-9-3-10-26-46)47-27-11-4-12-28-47/h1-40H. The van der Waals surface area contributed by atoms with Crippen LogP contribution in [0.1, 0.15) is 22.3 Å². The lowest BCUT2D eigenvalue weighted by Gasteiger charge is -2.34. The predicted molar refractivity (Wildman–Crippen MR) is 262 cm³/mol. The molecule has 0 saturated heterocycles. The molecule has 0 spiro atoms. The van der Waals surface area contributed by atoms with Gasteiger partial charge in [-0.05, 0) is 108 Å². The second kappa shape index (κ2) is 15.1. The quantitative estimate of drug-likeness (QED) is 0.160. The lowest BCUT2D eigenvalue weighted by Crippen LogP contribution is -2.28. The lowest BCUT2D eigenvalue weighted by atomic mass is 9.67. The number of rotatable bonds is 7. The zero-order chi connectivity index (χ0) is 41.7. The van der Waals surface area contributed by atoms with Crippen LogP contribution in [-0.4, -0.2) is 9.97 Å². The number of aromatic nitrogens is 2. The fourth-order valence-corrected chi connectivity index (χ4v) is 10.1. The molecule has 0 amide bonds. The fraction of sp³-hybridized carbons (Fsp3) is 0.0164. The number of fused-ring (bicyclic) bond motifs is 5. The van der Waals surface area contributed by atoms with Gasteiger partial charge in [-0.15, -0.1) is 0 Å². The Labute approximate surface area is 367 Å². The van der Waals surface area contributed by atoms with E-state index in [1.54, 1.807) is 0 Å². The molecule has 0 radical (unpaired) electrons. The normalized spacial score (nSPS) is 12.6. The van der Waals surface area contributed by atoms with Crippen LogP contribution in [0.4, 0.5) is 0 Å². The van der Waals surface area contributed by atoms with E-state index in [0.717, 1.165) is 44.4 Å². The molecule has 1 aliphatic carbocycles. The summed E-state index contributed by atoms with van der Waals surface area (Å²) in [5, 5.41) is 4.69. The van der Waals surface area contributed by atoms with E-state index in [1.807, 2.05) is 12.1 Å². The average Bonchev–Trinajstić information content (AvgIpc) is 3.66.